The minimum absolute atomic E-state index is 0.0452. The van der Waals surface area contributed by atoms with Gasteiger partial charge < -0.3 is 14.4 Å². The van der Waals surface area contributed by atoms with Crippen molar-refractivity contribution in [2.45, 2.75) is 32.2 Å². The first-order valence-electron chi connectivity index (χ1n) is 8.62. The molecule has 2 heterocycles. The number of rotatable bonds is 7. The van der Waals surface area contributed by atoms with E-state index in [4.69, 9.17) is 16.0 Å². The fourth-order valence-electron chi connectivity index (χ4n) is 3.18. The molecule has 3 rings (SSSR count). The number of unbranched alkanes of at least 4 members (excludes halogenated alkanes) is 2. The summed E-state index contributed by atoms with van der Waals surface area (Å²) in [6, 6.07) is 9.40. The van der Waals surface area contributed by atoms with Gasteiger partial charge in [-0.15, -0.1) is 0 Å². The van der Waals surface area contributed by atoms with Gasteiger partial charge in [0.2, 0.25) is 5.78 Å². The number of Topliss-reactive ketones (excluding diaryl/α,β-unsaturated/α-hetero) is 1. The lowest BCUT2D eigenvalue weighted by Crippen LogP contribution is -2.32. The van der Waals surface area contributed by atoms with E-state index in [0.717, 1.165) is 24.8 Å². The van der Waals surface area contributed by atoms with Gasteiger partial charge in [-0.3, -0.25) is 9.59 Å². The monoisotopic (exact) mass is 373 g/mol. The molecule has 26 heavy (non-hydrogen) atoms. The number of aliphatic hydroxyl groups excluding tert-OH is 1. The van der Waals surface area contributed by atoms with Crippen molar-refractivity contribution in [1.82, 2.24) is 4.90 Å². The predicted molar refractivity (Wildman–Crippen MR) is 98.1 cm³/mol. The Labute approximate surface area is 156 Å². The number of halogens is 1. The van der Waals surface area contributed by atoms with Gasteiger partial charge in [0.25, 0.3) is 5.91 Å². The first-order valence-corrected chi connectivity index (χ1v) is 9.00. The normalized spacial score (nSPS) is 17.2. The van der Waals surface area contributed by atoms with Gasteiger partial charge in [-0.1, -0.05) is 43.5 Å². The Bertz CT molecular complexity index is 824. The average Bonchev–Trinajstić information content (AvgIpc) is 3.25. The van der Waals surface area contributed by atoms with Crippen molar-refractivity contribution < 1.29 is 19.1 Å². The lowest BCUT2D eigenvalue weighted by atomic mass is 9.95. The molecule has 2 aromatic rings. The number of carbonyl (C=O) groups excluding carboxylic acids is 2. The van der Waals surface area contributed by atoms with E-state index in [1.807, 2.05) is 0 Å². The summed E-state index contributed by atoms with van der Waals surface area (Å²) in [6.45, 7) is 2.53. The minimum atomic E-state index is -0.658. The standard InChI is InChI=1S/C20H20ClNO4/c1-2-3-4-11-22-17(13-7-9-14(21)10-8-13)16(19(24)20(22)25)18(23)15-6-5-12-26-15/h5-10,12,17,24H,2-4,11H2,1H3. The van der Waals surface area contributed by atoms with Crippen LogP contribution in [-0.4, -0.2) is 28.2 Å². The molecule has 0 radical (unpaired) electrons. The first kappa shape index (κ1) is 18.3. The number of nitrogens with zero attached hydrogens (tertiary/aromatic N) is 1. The van der Waals surface area contributed by atoms with E-state index in [2.05, 4.69) is 6.92 Å². The molecule has 136 valence electrons. The smallest absolute Gasteiger partial charge is 0.290 e. The zero-order valence-electron chi connectivity index (χ0n) is 14.4. The van der Waals surface area contributed by atoms with Gasteiger partial charge in [-0.2, -0.15) is 0 Å². The summed E-state index contributed by atoms with van der Waals surface area (Å²) in [7, 11) is 0. The van der Waals surface area contributed by atoms with E-state index in [0.29, 0.717) is 11.6 Å². The fraction of sp³-hybridized carbons (Fsp3) is 0.300. The second kappa shape index (κ2) is 7.79. The molecule has 1 amide bonds. The molecule has 1 atom stereocenters. The van der Waals surface area contributed by atoms with Crippen LogP contribution in [0.3, 0.4) is 0 Å². The summed E-state index contributed by atoms with van der Waals surface area (Å²) < 4.78 is 5.18. The highest BCUT2D eigenvalue weighted by atomic mass is 35.5. The van der Waals surface area contributed by atoms with Crippen LogP contribution >= 0.6 is 11.6 Å². The SMILES string of the molecule is CCCCCN1C(=O)C(O)=C(C(=O)c2ccco2)C1c1ccc(Cl)cc1. The highest BCUT2D eigenvalue weighted by Gasteiger charge is 2.44. The van der Waals surface area contributed by atoms with Crippen LogP contribution in [0.2, 0.25) is 5.02 Å². The third-order valence-electron chi connectivity index (χ3n) is 4.48. The van der Waals surface area contributed by atoms with E-state index in [-0.39, 0.29) is 11.3 Å². The van der Waals surface area contributed by atoms with Gasteiger partial charge in [-0.05, 0) is 36.2 Å². The Hall–Kier alpha value is -2.53. The van der Waals surface area contributed by atoms with Gasteiger partial charge >= 0.3 is 0 Å². The number of hydrogen-bond donors (Lipinski definition) is 1. The molecule has 1 aliphatic rings. The van der Waals surface area contributed by atoms with Gasteiger partial charge in [0.15, 0.2) is 11.5 Å². The van der Waals surface area contributed by atoms with Gasteiger partial charge in [0.05, 0.1) is 17.9 Å². The average molecular weight is 374 g/mol. The van der Waals surface area contributed by atoms with E-state index in [9.17, 15) is 14.7 Å². The molecule has 5 nitrogen and oxygen atoms in total. The van der Waals surface area contributed by atoms with Crippen LogP contribution in [0.5, 0.6) is 0 Å². The highest BCUT2D eigenvalue weighted by Crippen LogP contribution is 2.39. The van der Waals surface area contributed by atoms with Crippen molar-refractivity contribution in [3.05, 3.63) is 70.3 Å². The first-order chi connectivity index (χ1) is 12.5. The van der Waals surface area contributed by atoms with E-state index in [1.54, 1.807) is 35.2 Å². The highest BCUT2D eigenvalue weighted by molar-refractivity contribution is 6.30. The molecule has 0 saturated carbocycles. The minimum Gasteiger partial charge on any atom is -0.503 e. The third kappa shape index (κ3) is 3.40. The number of carbonyl (C=O) groups is 2. The van der Waals surface area contributed by atoms with Gasteiger partial charge in [-0.25, -0.2) is 0 Å². The van der Waals surface area contributed by atoms with Gasteiger partial charge in [0, 0.05) is 11.6 Å². The van der Waals surface area contributed by atoms with Crippen molar-refractivity contribution in [3.8, 4) is 0 Å². The molecule has 1 unspecified atom stereocenters. The number of ketones is 1. The number of benzene rings is 1. The maximum atomic E-state index is 12.9. The van der Waals surface area contributed by atoms with Crippen LogP contribution in [0.4, 0.5) is 0 Å². The summed E-state index contributed by atoms with van der Waals surface area (Å²) in [4.78, 5) is 27.1. The molecular weight excluding hydrogens is 354 g/mol. The van der Waals surface area contributed by atoms with Crippen LogP contribution in [0.1, 0.15) is 48.3 Å². The molecule has 0 spiro atoms. The molecule has 6 heteroatoms. The largest absolute Gasteiger partial charge is 0.503 e. The second-order valence-electron chi connectivity index (χ2n) is 6.23. The maximum absolute atomic E-state index is 12.9. The van der Waals surface area contributed by atoms with Crippen molar-refractivity contribution in [2.24, 2.45) is 0 Å². The summed E-state index contributed by atoms with van der Waals surface area (Å²) >= 11 is 5.97. The Balaban J connectivity index is 2.02. The lowest BCUT2D eigenvalue weighted by molar-refractivity contribution is -0.129. The molecule has 1 aromatic heterocycles. The molecule has 0 bridgehead atoms. The van der Waals surface area contributed by atoms with Crippen molar-refractivity contribution in [2.75, 3.05) is 6.54 Å². The van der Waals surface area contributed by atoms with Crippen molar-refractivity contribution in [3.63, 3.8) is 0 Å². The van der Waals surface area contributed by atoms with Crippen LogP contribution < -0.4 is 0 Å². The zero-order chi connectivity index (χ0) is 18.7. The topological polar surface area (TPSA) is 70.8 Å². The zero-order valence-corrected chi connectivity index (χ0v) is 15.2. The molecule has 0 saturated heterocycles. The Morgan fingerprint density at radius 1 is 1.23 bits per heavy atom. The van der Waals surface area contributed by atoms with E-state index >= 15 is 0 Å². The van der Waals surface area contributed by atoms with Gasteiger partial charge in [0.1, 0.15) is 0 Å². The summed E-state index contributed by atoms with van der Waals surface area (Å²) in [5.41, 5.74) is 0.766. The Morgan fingerprint density at radius 3 is 2.58 bits per heavy atom. The van der Waals surface area contributed by atoms with E-state index in [1.165, 1.54) is 12.3 Å². The Morgan fingerprint density at radius 2 is 1.96 bits per heavy atom. The third-order valence-corrected chi connectivity index (χ3v) is 4.73. The molecule has 1 N–H and O–H groups in total. The quantitative estimate of drug-likeness (QED) is 0.564. The second-order valence-corrected chi connectivity index (χ2v) is 6.66. The lowest BCUT2D eigenvalue weighted by Gasteiger charge is -2.26. The summed E-state index contributed by atoms with van der Waals surface area (Å²) in [6.07, 6.45) is 4.14. The predicted octanol–water partition coefficient (Wildman–Crippen LogP) is 4.70. The maximum Gasteiger partial charge on any atom is 0.290 e. The van der Waals surface area contributed by atoms with E-state index < -0.39 is 23.5 Å². The Kier molecular flexibility index (Phi) is 5.47. The number of furan rings is 1. The molecule has 0 aliphatic carbocycles. The summed E-state index contributed by atoms with van der Waals surface area (Å²) in [5, 5.41) is 11.0. The number of aliphatic hydroxyl groups is 1. The summed E-state index contributed by atoms with van der Waals surface area (Å²) in [5.74, 6) is -1.44. The van der Waals surface area contributed by atoms with Crippen LogP contribution in [-0.2, 0) is 4.79 Å². The van der Waals surface area contributed by atoms with Crippen LogP contribution in [0.25, 0.3) is 0 Å². The molecule has 1 aromatic carbocycles. The number of hydrogen-bond acceptors (Lipinski definition) is 4. The van der Waals surface area contributed by atoms with Crippen molar-refractivity contribution in [1.29, 1.82) is 0 Å². The van der Waals surface area contributed by atoms with Crippen LogP contribution in [0, 0.1) is 0 Å². The fourth-order valence-corrected chi connectivity index (χ4v) is 3.31. The van der Waals surface area contributed by atoms with Crippen molar-refractivity contribution >= 4 is 23.3 Å². The molecule has 1 aliphatic heterocycles. The number of amides is 1. The van der Waals surface area contributed by atoms with Crippen LogP contribution in [0.15, 0.2) is 58.4 Å². The molecule has 0 fully saturated rings. The molecular formula is C20H20ClNO4.